The quantitative estimate of drug-likeness (QED) is 0.868. The number of nitrogens with zero attached hydrogens (tertiary/aromatic N) is 2. The van der Waals surface area contributed by atoms with Crippen molar-refractivity contribution in [3.05, 3.63) is 18.5 Å². The van der Waals surface area contributed by atoms with Gasteiger partial charge in [0.1, 0.15) is 4.90 Å². The summed E-state index contributed by atoms with van der Waals surface area (Å²) in [4.78, 5) is 4.11. The Labute approximate surface area is 107 Å². The van der Waals surface area contributed by atoms with E-state index in [9.17, 15) is 8.42 Å². The SMILES string of the molecule is CNc1ccncc1S(=O)(=O)N1CCOCC1C. The summed E-state index contributed by atoms with van der Waals surface area (Å²) in [5, 5.41) is 2.88. The number of aromatic nitrogens is 1. The third kappa shape index (κ3) is 2.33. The molecule has 1 unspecified atom stereocenters. The van der Waals surface area contributed by atoms with Gasteiger partial charge in [-0.05, 0) is 13.0 Å². The first-order chi connectivity index (χ1) is 8.57. The van der Waals surface area contributed by atoms with Crippen molar-refractivity contribution in [1.29, 1.82) is 0 Å². The van der Waals surface area contributed by atoms with Crippen LogP contribution in [0.4, 0.5) is 5.69 Å². The zero-order valence-corrected chi connectivity index (χ0v) is 11.3. The molecule has 1 aliphatic rings. The van der Waals surface area contributed by atoms with E-state index in [-0.39, 0.29) is 10.9 Å². The molecule has 0 bridgehead atoms. The van der Waals surface area contributed by atoms with Crippen LogP contribution in [0, 0.1) is 0 Å². The van der Waals surface area contributed by atoms with Crippen molar-refractivity contribution in [2.75, 3.05) is 32.1 Å². The summed E-state index contributed by atoms with van der Waals surface area (Å²) in [6.45, 7) is 3.07. The Morgan fingerprint density at radius 3 is 3.00 bits per heavy atom. The summed E-state index contributed by atoms with van der Waals surface area (Å²) in [7, 11) is -1.83. The zero-order chi connectivity index (χ0) is 13.2. The van der Waals surface area contributed by atoms with Crippen molar-refractivity contribution in [3.8, 4) is 0 Å². The number of rotatable bonds is 3. The normalized spacial score (nSPS) is 21.8. The van der Waals surface area contributed by atoms with Crippen molar-refractivity contribution in [1.82, 2.24) is 9.29 Å². The minimum atomic E-state index is -3.53. The highest BCUT2D eigenvalue weighted by molar-refractivity contribution is 7.89. The number of ether oxygens (including phenoxy) is 1. The van der Waals surface area contributed by atoms with Crippen LogP contribution in [0.3, 0.4) is 0 Å². The van der Waals surface area contributed by atoms with Crippen LogP contribution < -0.4 is 5.32 Å². The van der Waals surface area contributed by atoms with E-state index in [1.54, 1.807) is 19.3 Å². The molecule has 0 spiro atoms. The van der Waals surface area contributed by atoms with Crippen molar-refractivity contribution < 1.29 is 13.2 Å². The average molecular weight is 271 g/mol. The summed E-state index contributed by atoms with van der Waals surface area (Å²) in [6, 6.07) is 1.49. The van der Waals surface area contributed by atoms with Crippen LogP contribution in [0.2, 0.25) is 0 Å². The van der Waals surface area contributed by atoms with Gasteiger partial charge in [0, 0.05) is 32.0 Å². The molecule has 6 nitrogen and oxygen atoms in total. The number of sulfonamides is 1. The first-order valence-corrected chi connectivity index (χ1v) is 7.22. The molecule has 1 aromatic rings. The van der Waals surface area contributed by atoms with Crippen molar-refractivity contribution in [2.24, 2.45) is 0 Å². The maximum Gasteiger partial charge on any atom is 0.247 e. The molecule has 0 saturated carbocycles. The van der Waals surface area contributed by atoms with Gasteiger partial charge in [-0.3, -0.25) is 4.98 Å². The van der Waals surface area contributed by atoms with Gasteiger partial charge in [0.25, 0.3) is 0 Å². The van der Waals surface area contributed by atoms with Gasteiger partial charge in [-0.2, -0.15) is 4.31 Å². The van der Waals surface area contributed by atoms with Gasteiger partial charge in [0.05, 0.1) is 18.9 Å². The third-order valence-electron chi connectivity index (χ3n) is 2.95. The van der Waals surface area contributed by atoms with Crippen LogP contribution in [0.5, 0.6) is 0 Å². The van der Waals surface area contributed by atoms with Crippen LogP contribution in [0.15, 0.2) is 23.4 Å². The molecular formula is C11H17N3O3S. The first kappa shape index (κ1) is 13.3. The maximum absolute atomic E-state index is 12.6. The molecule has 18 heavy (non-hydrogen) atoms. The van der Waals surface area contributed by atoms with Gasteiger partial charge < -0.3 is 10.1 Å². The molecule has 7 heteroatoms. The van der Waals surface area contributed by atoms with Gasteiger partial charge in [-0.25, -0.2) is 8.42 Å². The fourth-order valence-electron chi connectivity index (χ4n) is 1.99. The van der Waals surface area contributed by atoms with E-state index < -0.39 is 10.0 Å². The lowest BCUT2D eigenvalue weighted by Gasteiger charge is -2.32. The minimum Gasteiger partial charge on any atom is -0.387 e. The lowest BCUT2D eigenvalue weighted by atomic mass is 10.3. The Morgan fingerprint density at radius 1 is 1.56 bits per heavy atom. The number of hydrogen-bond acceptors (Lipinski definition) is 5. The molecule has 1 fully saturated rings. The predicted octanol–water partition coefficient (Wildman–Crippen LogP) is 0.533. The van der Waals surface area contributed by atoms with E-state index in [1.807, 2.05) is 6.92 Å². The molecular weight excluding hydrogens is 254 g/mol. The molecule has 1 aromatic heterocycles. The van der Waals surface area contributed by atoms with E-state index in [0.29, 0.717) is 25.4 Å². The van der Waals surface area contributed by atoms with E-state index in [4.69, 9.17) is 4.74 Å². The van der Waals surface area contributed by atoms with Gasteiger partial charge >= 0.3 is 0 Å². The standard InChI is InChI=1S/C11H17N3O3S/c1-9-8-17-6-5-14(9)18(15,16)11-7-13-4-3-10(11)12-2/h3-4,7,9H,5-6,8H2,1-2H3,(H,12,13). The van der Waals surface area contributed by atoms with E-state index in [0.717, 1.165) is 0 Å². The van der Waals surface area contributed by atoms with Crippen LogP contribution >= 0.6 is 0 Å². The number of hydrogen-bond donors (Lipinski definition) is 1. The predicted molar refractivity (Wildman–Crippen MR) is 68.0 cm³/mol. The third-order valence-corrected chi connectivity index (χ3v) is 4.99. The number of morpholine rings is 1. The molecule has 2 rings (SSSR count). The molecule has 0 aliphatic carbocycles. The summed E-state index contributed by atoms with van der Waals surface area (Å²) >= 11 is 0. The second kappa shape index (κ2) is 5.21. The molecule has 1 saturated heterocycles. The lowest BCUT2D eigenvalue weighted by molar-refractivity contribution is 0.0393. The second-order valence-electron chi connectivity index (χ2n) is 4.16. The van der Waals surface area contributed by atoms with Crippen LogP contribution in [-0.2, 0) is 14.8 Å². The van der Waals surface area contributed by atoms with E-state index >= 15 is 0 Å². The van der Waals surface area contributed by atoms with Gasteiger partial charge in [0.15, 0.2) is 0 Å². The van der Waals surface area contributed by atoms with Crippen LogP contribution in [-0.4, -0.2) is 50.6 Å². The molecule has 2 heterocycles. The Hall–Kier alpha value is -1.18. The Kier molecular flexibility index (Phi) is 3.84. The number of anilines is 1. The van der Waals surface area contributed by atoms with Gasteiger partial charge in [-0.15, -0.1) is 0 Å². The van der Waals surface area contributed by atoms with Crippen LogP contribution in [0.25, 0.3) is 0 Å². The highest BCUT2D eigenvalue weighted by atomic mass is 32.2. The summed E-state index contributed by atoms with van der Waals surface area (Å²) < 4.78 is 31.9. The first-order valence-electron chi connectivity index (χ1n) is 5.78. The van der Waals surface area contributed by atoms with E-state index in [2.05, 4.69) is 10.3 Å². The number of pyridine rings is 1. The average Bonchev–Trinajstić information content (AvgIpc) is 2.39. The molecule has 1 aliphatic heterocycles. The molecule has 0 amide bonds. The Balaban J connectivity index is 2.41. The molecule has 1 N–H and O–H groups in total. The molecule has 100 valence electrons. The monoisotopic (exact) mass is 271 g/mol. The van der Waals surface area contributed by atoms with Crippen molar-refractivity contribution in [3.63, 3.8) is 0 Å². The second-order valence-corrected chi connectivity index (χ2v) is 6.02. The van der Waals surface area contributed by atoms with Gasteiger partial charge in [0.2, 0.25) is 10.0 Å². The van der Waals surface area contributed by atoms with E-state index in [1.165, 1.54) is 10.5 Å². The largest absolute Gasteiger partial charge is 0.387 e. The summed E-state index contributed by atoms with van der Waals surface area (Å²) in [5.41, 5.74) is 0.559. The zero-order valence-electron chi connectivity index (χ0n) is 10.5. The minimum absolute atomic E-state index is 0.159. The maximum atomic E-state index is 12.6. The Morgan fingerprint density at radius 2 is 2.33 bits per heavy atom. The van der Waals surface area contributed by atoms with Crippen molar-refractivity contribution in [2.45, 2.75) is 17.9 Å². The summed E-state index contributed by atoms with van der Waals surface area (Å²) in [6.07, 6.45) is 2.94. The molecule has 1 atom stereocenters. The summed E-state index contributed by atoms with van der Waals surface area (Å²) in [5.74, 6) is 0. The Bertz CT molecular complexity index is 518. The highest BCUT2D eigenvalue weighted by Crippen LogP contribution is 2.25. The highest BCUT2D eigenvalue weighted by Gasteiger charge is 2.33. The fraction of sp³-hybridized carbons (Fsp3) is 0.545. The van der Waals surface area contributed by atoms with Gasteiger partial charge in [-0.1, -0.05) is 0 Å². The fourth-order valence-corrected chi connectivity index (χ4v) is 3.73. The van der Waals surface area contributed by atoms with Crippen LogP contribution in [0.1, 0.15) is 6.92 Å². The molecule has 0 aromatic carbocycles. The number of nitrogens with one attached hydrogen (secondary N) is 1. The van der Waals surface area contributed by atoms with Crippen molar-refractivity contribution >= 4 is 15.7 Å². The topological polar surface area (TPSA) is 71.5 Å². The molecule has 0 radical (unpaired) electrons. The smallest absolute Gasteiger partial charge is 0.247 e. The lowest BCUT2D eigenvalue weighted by Crippen LogP contribution is -2.47.